The molecule has 87 heavy (non-hydrogen) atoms. The van der Waals surface area contributed by atoms with E-state index in [4.69, 9.17) is 33.5 Å². The highest BCUT2D eigenvalue weighted by molar-refractivity contribution is 6.18. The van der Waals surface area contributed by atoms with Gasteiger partial charge >= 0.3 is 17.9 Å². The molecule has 0 radical (unpaired) electrons. The first-order chi connectivity index (χ1) is 41.3. The number of aliphatic carboxylic acids is 2. The number of carbonyl (C=O) groups excluding carboxylic acids is 10. The summed E-state index contributed by atoms with van der Waals surface area (Å²) in [6, 6.07) is -15.8. The fraction of sp³-hybridized carbons (Fsp3) is 0.745. The summed E-state index contributed by atoms with van der Waals surface area (Å²) in [6.07, 6.45) is 4.80. The number of nitrogens with two attached hydrogens (primary N) is 3. The molecule has 0 aromatic carbocycles. The number of esters is 1. The predicted octanol–water partition coefficient (Wildman–Crippen LogP) is -3.60. The predicted molar refractivity (Wildman–Crippen MR) is 314 cm³/mol. The zero-order chi connectivity index (χ0) is 65.6. The third-order valence-electron chi connectivity index (χ3n) is 14.0. The molecule has 1 fully saturated rings. The first kappa shape index (κ1) is 78.4. The maximum absolute atomic E-state index is 14.2. The van der Waals surface area contributed by atoms with Gasteiger partial charge in [0, 0.05) is 0 Å². The summed E-state index contributed by atoms with van der Waals surface area (Å²) in [5, 5.41) is 82.4. The van der Waals surface area contributed by atoms with E-state index < -0.39 is 181 Å². The zero-order valence-electron chi connectivity index (χ0n) is 50.0. The lowest BCUT2D eigenvalue weighted by Crippen LogP contribution is -2.62. The highest BCUT2D eigenvalue weighted by Gasteiger charge is 2.41. The molecule has 496 valence electrons. The fourth-order valence-corrected chi connectivity index (χ4v) is 9.11. The summed E-state index contributed by atoms with van der Waals surface area (Å²) in [4.78, 5) is 163. The fourth-order valence-electron chi connectivity index (χ4n) is 8.93. The van der Waals surface area contributed by atoms with Crippen LogP contribution in [0.3, 0.4) is 0 Å². The molecule has 0 aromatic rings. The number of nitrogens with one attached hydrogen (secondary N) is 9. The molecular weight excluding hydrogens is 1170 g/mol. The molecule has 32 heteroatoms. The quantitative estimate of drug-likeness (QED) is 0.0134. The minimum Gasteiger partial charge on any atom is -0.481 e. The number of ether oxygens (including phenoxy) is 1. The number of allylic oxidation sites excluding steroid dienone is 1. The molecule has 1 heterocycles. The van der Waals surface area contributed by atoms with E-state index in [1.807, 2.05) is 10.6 Å². The monoisotopic (exact) mass is 1260 g/mol. The Hall–Kier alpha value is -6.61. The van der Waals surface area contributed by atoms with Gasteiger partial charge in [0.25, 0.3) is 5.91 Å². The second-order valence-corrected chi connectivity index (χ2v) is 21.6. The number of amides is 9. The second kappa shape index (κ2) is 43.9. The molecule has 21 N–H and O–H groups in total. The van der Waals surface area contributed by atoms with Gasteiger partial charge in [-0.15, -0.1) is 11.6 Å². The number of hydrogen-bond donors (Lipinski definition) is 18. The minimum absolute atomic E-state index is 0.123. The van der Waals surface area contributed by atoms with Crippen molar-refractivity contribution in [3.63, 3.8) is 0 Å². The normalized spacial score (nSPS) is 23.9. The Morgan fingerprint density at radius 1 is 0.598 bits per heavy atom. The van der Waals surface area contributed by atoms with Gasteiger partial charge in [-0.3, -0.25) is 47.9 Å². The van der Waals surface area contributed by atoms with Crippen LogP contribution in [-0.2, 0) is 62.3 Å². The SMILES string of the molecule is C/C=C1\NC(=O)C([C@H](C)O)NC(=O)[C@H](CCN)NC(=O)[C@H](CCCCN)NC(=O)[C@@H](CC(=O)O)NC(=O)[C@@H](CCN)NC(=O)[C@@H](NC(=O)CC(O)CCCCCCCCCCCCCCC)COC(=O)[C@H](C(O)CCl)NC(=O)C([C@H](O)C(=O)O)NC1=O. The lowest BCUT2D eigenvalue weighted by atomic mass is 10.0. The van der Waals surface area contributed by atoms with Gasteiger partial charge in [0.15, 0.2) is 12.1 Å². The van der Waals surface area contributed by atoms with Gasteiger partial charge in [-0.2, -0.15) is 0 Å². The summed E-state index contributed by atoms with van der Waals surface area (Å²) < 4.78 is 5.29. The number of unbranched alkanes of at least 4 members (excludes halogenated alkanes) is 13. The second-order valence-electron chi connectivity index (χ2n) is 21.3. The van der Waals surface area contributed by atoms with Crippen LogP contribution in [0.5, 0.6) is 0 Å². The van der Waals surface area contributed by atoms with Crippen molar-refractivity contribution in [1.82, 2.24) is 47.9 Å². The zero-order valence-corrected chi connectivity index (χ0v) is 50.7. The molecule has 0 aromatic heterocycles. The van der Waals surface area contributed by atoms with Gasteiger partial charge in [-0.05, 0) is 72.0 Å². The maximum atomic E-state index is 14.2. The summed E-state index contributed by atoms with van der Waals surface area (Å²) in [5.41, 5.74) is 16.5. The standard InChI is InChI=1S/C55H95ClN12O19/c1-4-6-7-8-9-10-11-12-13-14-15-16-17-20-32(70)27-40(72)60-38-30-87-55(86)43(39(71)29-56)67-53(83)44(45(75)54(84)85)68-46(76)33(5-2)61-52(82)42(31(3)69)66-49(79)36(23-26-59)63-47(77)34(21-18-19-24-57)62-50(80)37(28-41(73)74)65-48(78)35(22-25-58)64-51(38)81/h5,31-32,34-39,42-45,69-71,75H,4,6-30,57-59H2,1-3H3,(H,60,72)(H,61,82)(H,62,80)(H,63,77)(H,64,81)(H,65,78)(H,66,79)(H,67,83)(H,68,76)(H,73,74)(H,84,85)/b33-5-/t31-,32?,34-,35+,36-,37+,38-,39?,42?,43-,44?,45-/m0/s1. The van der Waals surface area contributed by atoms with Crippen LogP contribution in [0.4, 0.5) is 0 Å². The van der Waals surface area contributed by atoms with E-state index in [2.05, 4.69) is 44.1 Å². The number of carbonyl (C=O) groups is 12. The molecule has 12 atom stereocenters. The van der Waals surface area contributed by atoms with Crippen LogP contribution in [-0.4, -0.2) is 207 Å². The van der Waals surface area contributed by atoms with E-state index in [9.17, 15) is 88.2 Å². The third-order valence-corrected chi connectivity index (χ3v) is 14.3. The van der Waals surface area contributed by atoms with E-state index in [1.165, 1.54) is 45.4 Å². The smallest absolute Gasteiger partial charge is 0.335 e. The van der Waals surface area contributed by atoms with E-state index >= 15 is 0 Å². The first-order valence-electron chi connectivity index (χ1n) is 29.7. The van der Waals surface area contributed by atoms with Gasteiger partial charge in [0.2, 0.25) is 47.3 Å². The topological polar surface area (TPSA) is 522 Å². The maximum Gasteiger partial charge on any atom is 0.335 e. The number of halogens is 1. The van der Waals surface area contributed by atoms with Crippen molar-refractivity contribution in [2.24, 2.45) is 17.2 Å². The van der Waals surface area contributed by atoms with Gasteiger partial charge in [-0.1, -0.05) is 96.5 Å². The number of hydrogen-bond acceptors (Lipinski definition) is 20. The molecule has 0 aliphatic carbocycles. The summed E-state index contributed by atoms with van der Waals surface area (Å²) >= 11 is 5.87. The molecule has 31 nitrogen and oxygen atoms in total. The van der Waals surface area contributed by atoms with Gasteiger partial charge in [0.05, 0.1) is 37.0 Å². The molecular formula is C55H95ClN12O19. The molecule has 1 rings (SSSR count). The van der Waals surface area contributed by atoms with E-state index in [0.29, 0.717) is 12.8 Å². The Bertz CT molecular complexity index is 2270. The summed E-state index contributed by atoms with van der Waals surface area (Å²) in [5.74, 6) is -17.8. The Kier molecular flexibility index (Phi) is 39.6. The summed E-state index contributed by atoms with van der Waals surface area (Å²) in [7, 11) is 0. The highest BCUT2D eigenvalue weighted by atomic mass is 35.5. The average molecular weight is 1260 g/mol. The Labute approximate surface area is 511 Å². The van der Waals surface area contributed by atoms with Crippen molar-refractivity contribution >= 4 is 82.7 Å². The highest BCUT2D eigenvalue weighted by Crippen LogP contribution is 2.15. The first-order valence-corrected chi connectivity index (χ1v) is 30.2. The molecule has 1 aliphatic rings. The molecule has 1 saturated heterocycles. The third kappa shape index (κ3) is 30.7. The van der Waals surface area contributed by atoms with Crippen molar-refractivity contribution in [2.75, 3.05) is 32.1 Å². The van der Waals surface area contributed by atoms with E-state index in [1.54, 1.807) is 0 Å². The van der Waals surface area contributed by atoms with E-state index in [-0.39, 0.29) is 45.3 Å². The summed E-state index contributed by atoms with van der Waals surface area (Å²) in [6.45, 7) is 2.68. The van der Waals surface area contributed by atoms with Gasteiger partial charge < -0.3 is 100 Å². The Balaban J connectivity index is 3.88. The van der Waals surface area contributed by atoms with Crippen LogP contribution < -0.4 is 65.1 Å². The van der Waals surface area contributed by atoms with Crippen LogP contribution in [0.1, 0.15) is 156 Å². The van der Waals surface area contributed by atoms with Crippen molar-refractivity contribution in [2.45, 2.75) is 228 Å². The number of aliphatic hydroxyl groups excluding tert-OH is 4. The molecule has 4 unspecified atom stereocenters. The van der Waals surface area contributed by atoms with Crippen molar-refractivity contribution in [1.29, 1.82) is 0 Å². The molecule has 9 amide bonds. The largest absolute Gasteiger partial charge is 0.481 e. The Morgan fingerprint density at radius 3 is 1.56 bits per heavy atom. The van der Waals surface area contributed by atoms with Crippen LogP contribution in [0.15, 0.2) is 11.8 Å². The van der Waals surface area contributed by atoms with Gasteiger partial charge in [-0.25, -0.2) is 9.59 Å². The van der Waals surface area contributed by atoms with Crippen molar-refractivity contribution in [3.8, 4) is 0 Å². The van der Waals surface area contributed by atoms with Crippen LogP contribution >= 0.6 is 11.6 Å². The number of cyclic esters (lactones) is 1. The number of carboxylic acids is 2. The van der Waals surface area contributed by atoms with Crippen LogP contribution in [0, 0.1) is 0 Å². The molecule has 0 bridgehead atoms. The van der Waals surface area contributed by atoms with Crippen LogP contribution in [0.25, 0.3) is 0 Å². The number of alkyl halides is 1. The minimum atomic E-state index is -2.83. The lowest BCUT2D eigenvalue weighted by molar-refractivity contribution is -0.155. The van der Waals surface area contributed by atoms with E-state index in [0.717, 1.165) is 51.5 Å². The van der Waals surface area contributed by atoms with Crippen molar-refractivity contribution < 1.29 is 92.9 Å². The van der Waals surface area contributed by atoms with Crippen LogP contribution in [0.2, 0.25) is 0 Å². The molecule has 0 saturated carbocycles. The van der Waals surface area contributed by atoms with Crippen molar-refractivity contribution in [3.05, 3.63) is 11.8 Å². The Morgan fingerprint density at radius 2 is 1.08 bits per heavy atom. The number of rotatable bonds is 32. The van der Waals surface area contributed by atoms with Gasteiger partial charge in [0.1, 0.15) is 54.6 Å². The number of aliphatic hydroxyl groups is 4. The average Bonchev–Trinajstić information content (AvgIpc) is 3.53. The molecule has 1 aliphatic heterocycles. The molecule has 0 spiro atoms. The lowest BCUT2D eigenvalue weighted by Gasteiger charge is -2.28. The number of carboxylic acid groups (broad SMARTS) is 2.